The number of rotatable bonds is 2. The van der Waals surface area contributed by atoms with E-state index in [0.29, 0.717) is 12.1 Å². The highest BCUT2D eigenvalue weighted by Crippen LogP contribution is 2.00. The molecule has 0 aliphatic carbocycles. The van der Waals surface area contributed by atoms with Crippen molar-refractivity contribution in [3.8, 4) is 0 Å². The average molecular weight is 247 g/mol. The summed E-state index contributed by atoms with van der Waals surface area (Å²) in [5.74, 6) is -1.29. The second-order valence-electron chi connectivity index (χ2n) is 3.43. The number of nitrogens with zero attached hydrogens (tertiary/aromatic N) is 1. The zero-order chi connectivity index (χ0) is 13.5. The SMILES string of the molecule is CCN1C(=O)C=CC1=O.O=C(O)c1ccccc1. The fourth-order valence-corrected chi connectivity index (χ4v) is 1.32. The maximum atomic E-state index is 10.6. The second-order valence-corrected chi connectivity index (χ2v) is 3.43. The third kappa shape index (κ3) is 3.55. The van der Waals surface area contributed by atoms with Crippen LogP contribution in [0.1, 0.15) is 17.3 Å². The molecular formula is C13H13NO4. The van der Waals surface area contributed by atoms with Crippen LogP contribution in [0.15, 0.2) is 42.5 Å². The van der Waals surface area contributed by atoms with Crippen LogP contribution >= 0.6 is 0 Å². The molecule has 0 aromatic heterocycles. The Labute approximate surface area is 104 Å². The first kappa shape index (κ1) is 13.6. The lowest BCUT2D eigenvalue weighted by atomic mass is 10.2. The molecule has 0 saturated carbocycles. The zero-order valence-electron chi connectivity index (χ0n) is 9.87. The third-order valence-electron chi connectivity index (χ3n) is 2.24. The molecule has 2 amide bonds. The van der Waals surface area contributed by atoms with E-state index in [2.05, 4.69) is 0 Å². The predicted molar refractivity (Wildman–Crippen MR) is 64.9 cm³/mol. The molecule has 0 radical (unpaired) electrons. The van der Waals surface area contributed by atoms with Gasteiger partial charge in [-0.3, -0.25) is 14.5 Å². The number of aromatic carboxylic acids is 1. The molecule has 5 nitrogen and oxygen atoms in total. The van der Waals surface area contributed by atoms with Crippen LogP contribution in [0.25, 0.3) is 0 Å². The molecule has 0 atom stereocenters. The number of imide groups is 1. The van der Waals surface area contributed by atoms with E-state index in [1.807, 2.05) is 0 Å². The van der Waals surface area contributed by atoms with E-state index >= 15 is 0 Å². The Morgan fingerprint density at radius 1 is 1.11 bits per heavy atom. The Morgan fingerprint density at radius 3 is 1.89 bits per heavy atom. The monoisotopic (exact) mass is 247 g/mol. The quantitative estimate of drug-likeness (QED) is 0.800. The van der Waals surface area contributed by atoms with Gasteiger partial charge in [0.25, 0.3) is 11.8 Å². The van der Waals surface area contributed by atoms with Crippen LogP contribution in [0.4, 0.5) is 0 Å². The fourth-order valence-electron chi connectivity index (χ4n) is 1.32. The fraction of sp³-hybridized carbons (Fsp3) is 0.154. The van der Waals surface area contributed by atoms with Crippen molar-refractivity contribution in [2.75, 3.05) is 6.54 Å². The standard InChI is InChI=1S/C7H6O2.C6H7NO2/c8-7(9)6-4-2-1-3-5-6;1-2-7-5(8)3-4-6(7)9/h1-5H,(H,8,9);3-4H,2H2,1H3. The molecule has 0 saturated heterocycles. The van der Waals surface area contributed by atoms with E-state index in [-0.39, 0.29) is 11.8 Å². The number of carboxylic acid groups (broad SMARTS) is 1. The zero-order valence-corrected chi connectivity index (χ0v) is 9.87. The second kappa shape index (κ2) is 6.34. The number of benzene rings is 1. The van der Waals surface area contributed by atoms with Gasteiger partial charge in [-0.25, -0.2) is 4.79 Å². The number of likely N-dealkylation sites (N-methyl/N-ethyl adjacent to an activating group) is 1. The van der Waals surface area contributed by atoms with Crippen molar-refractivity contribution in [2.24, 2.45) is 0 Å². The molecule has 5 heteroatoms. The summed E-state index contributed by atoms with van der Waals surface area (Å²) in [6.45, 7) is 2.23. The van der Waals surface area contributed by atoms with Gasteiger partial charge in [-0.2, -0.15) is 0 Å². The van der Waals surface area contributed by atoms with Crippen LogP contribution in [-0.4, -0.2) is 34.3 Å². The van der Waals surface area contributed by atoms with Gasteiger partial charge >= 0.3 is 5.97 Å². The van der Waals surface area contributed by atoms with Crippen molar-refractivity contribution in [3.05, 3.63) is 48.0 Å². The van der Waals surface area contributed by atoms with Crippen LogP contribution in [-0.2, 0) is 9.59 Å². The maximum Gasteiger partial charge on any atom is 0.335 e. The summed E-state index contributed by atoms with van der Waals surface area (Å²) in [6.07, 6.45) is 2.57. The number of carboxylic acids is 1. The van der Waals surface area contributed by atoms with Crippen molar-refractivity contribution in [1.82, 2.24) is 4.90 Å². The van der Waals surface area contributed by atoms with Gasteiger partial charge in [0.2, 0.25) is 0 Å². The number of hydrogen-bond acceptors (Lipinski definition) is 3. The third-order valence-corrected chi connectivity index (χ3v) is 2.24. The first-order chi connectivity index (χ1) is 8.56. The van der Waals surface area contributed by atoms with Crippen LogP contribution < -0.4 is 0 Å². The summed E-state index contributed by atoms with van der Waals surface area (Å²) in [6, 6.07) is 8.30. The Hall–Kier alpha value is -2.43. The van der Waals surface area contributed by atoms with Gasteiger partial charge in [0.1, 0.15) is 0 Å². The molecule has 94 valence electrons. The molecule has 0 unspecified atom stereocenters. The van der Waals surface area contributed by atoms with E-state index in [1.54, 1.807) is 37.3 Å². The summed E-state index contributed by atoms with van der Waals surface area (Å²) in [5.41, 5.74) is 0.331. The van der Waals surface area contributed by atoms with E-state index in [9.17, 15) is 14.4 Å². The molecule has 1 N–H and O–H groups in total. The van der Waals surface area contributed by atoms with Crippen LogP contribution in [0.3, 0.4) is 0 Å². The Bertz CT molecular complexity index is 461. The van der Waals surface area contributed by atoms with Crippen molar-refractivity contribution in [1.29, 1.82) is 0 Å². The molecule has 1 aliphatic rings. The summed E-state index contributed by atoms with van der Waals surface area (Å²) in [5, 5.41) is 8.38. The Kier molecular flexibility index (Phi) is 4.80. The molecular weight excluding hydrogens is 234 g/mol. The summed E-state index contributed by atoms with van der Waals surface area (Å²) < 4.78 is 0. The van der Waals surface area contributed by atoms with Crippen LogP contribution in [0.2, 0.25) is 0 Å². The number of amides is 2. The average Bonchev–Trinajstić information content (AvgIpc) is 2.70. The lowest BCUT2D eigenvalue weighted by Crippen LogP contribution is -2.29. The highest BCUT2D eigenvalue weighted by Gasteiger charge is 2.20. The Morgan fingerprint density at radius 2 is 1.61 bits per heavy atom. The van der Waals surface area contributed by atoms with Gasteiger partial charge in [-0.15, -0.1) is 0 Å². The molecule has 1 aliphatic heterocycles. The lowest BCUT2D eigenvalue weighted by Gasteiger charge is -2.08. The largest absolute Gasteiger partial charge is 0.478 e. The van der Waals surface area contributed by atoms with Crippen molar-refractivity contribution in [2.45, 2.75) is 6.92 Å². The highest BCUT2D eigenvalue weighted by atomic mass is 16.4. The van der Waals surface area contributed by atoms with Crippen molar-refractivity contribution in [3.63, 3.8) is 0 Å². The topological polar surface area (TPSA) is 74.7 Å². The number of carbonyl (C=O) groups excluding carboxylic acids is 2. The normalized spacial score (nSPS) is 13.3. The van der Waals surface area contributed by atoms with E-state index in [4.69, 9.17) is 5.11 Å². The molecule has 0 spiro atoms. The van der Waals surface area contributed by atoms with Gasteiger partial charge in [-0.05, 0) is 19.1 Å². The van der Waals surface area contributed by atoms with Gasteiger partial charge in [-0.1, -0.05) is 18.2 Å². The maximum absolute atomic E-state index is 10.6. The molecule has 18 heavy (non-hydrogen) atoms. The smallest absolute Gasteiger partial charge is 0.335 e. The summed E-state index contributed by atoms with van der Waals surface area (Å²) >= 11 is 0. The van der Waals surface area contributed by atoms with Crippen LogP contribution in [0.5, 0.6) is 0 Å². The first-order valence-corrected chi connectivity index (χ1v) is 5.38. The highest BCUT2D eigenvalue weighted by molar-refractivity contribution is 6.12. The van der Waals surface area contributed by atoms with E-state index in [0.717, 1.165) is 0 Å². The van der Waals surface area contributed by atoms with Gasteiger partial charge in [0.15, 0.2) is 0 Å². The van der Waals surface area contributed by atoms with Crippen molar-refractivity contribution >= 4 is 17.8 Å². The van der Waals surface area contributed by atoms with Crippen LogP contribution in [0, 0.1) is 0 Å². The van der Waals surface area contributed by atoms with E-state index in [1.165, 1.54) is 17.1 Å². The molecule has 0 bridgehead atoms. The molecule has 0 fully saturated rings. The van der Waals surface area contributed by atoms with Gasteiger partial charge in [0, 0.05) is 18.7 Å². The molecule has 1 aromatic rings. The predicted octanol–water partition coefficient (Wildman–Crippen LogP) is 1.32. The van der Waals surface area contributed by atoms with Gasteiger partial charge in [0.05, 0.1) is 5.56 Å². The number of carbonyl (C=O) groups is 3. The Balaban J connectivity index is 0.000000180. The number of hydrogen-bond donors (Lipinski definition) is 1. The minimum absolute atomic E-state index is 0.206. The van der Waals surface area contributed by atoms with E-state index < -0.39 is 5.97 Å². The molecule has 1 aromatic carbocycles. The summed E-state index contributed by atoms with van der Waals surface area (Å²) in [4.78, 5) is 32.6. The minimum atomic E-state index is -0.879. The lowest BCUT2D eigenvalue weighted by molar-refractivity contribution is -0.136. The molecule has 2 rings (SSSR count). The van der Waals surface area contributed by atoms with Crippen molar-refractivity contribution < 1.29 is 19.5 Å². The first-order valence-electron chi connectivity index (χ1n) is 5.38. The molecule has 1 heterocycles. The summed E-state index contributed by atoms with van der Waals surface area (Å²) in [7, 11) is 0. The van der Waals surface area contributed by atoms with Gasteiger partial charge < -0.3 is 5.11 Å². The minimum Gasteiger partial charge on any atom is -0.478 e.